The first kappa shape index (κ1) is 38.3. The quantitative estimate of drug-likeness (QED) is 0.148. The Morgan fingerprint density at radius 3 is 2.18 bits per heavy atom. The Bertz CT molecular complexity index is 2050. The summed E-state index contributed by atoms with van der Waals surface area (Å²) in [7, 11) is 1.59. The summed E-state index contributed by atoms with van der Waals surface area (Å²) < 4.78 is 48.2. The number of nitrogens with one attached hydrogen (secondary N) is 1. The van der Waals surface area contributed by atoms with Crippen LogP contribution in [0.15, 0.2) is 103 Å². The Morgan fingerprint density at radius 1 is 0.857 bits per heavy atom. The average molecular weight is 771 g/mol. The van der Waals surface area contributed by atoms with E-state index in [1.54, 1.807) is 55.6 Å². The number of amides is 2. The van der Waals surface area contributed by atoms with Gasteiger partial charge in [-0.2, -0.15) is 0 Å². The number of halogens is 3. The third-order valence-electron chi connectivity index (χ3n) is 14.6. The van der Waals surface area contributed by atoms with Gasteiger partial charge in [0.1, 0.15) is 11.5 Å². The minimum Gasteiger partial charge on any atom is -0.497 e. The lowest BCUT2D eigenvalue weighted by Gasteiger charge is -2.71. The number of nitrogens with zero attached hydrogens (tertiary/aromatic N) is 1. The second-order valence-corrected chi connectivity index (χ2v) is 17.2. The largest absolute Gasteiger partial charge is 0.573 e. The number of alkyl halides is 3. The van der Waals surface area contributed by atoms with Crippen LogP contribution in [-0.2, 0) is 6.54 Å². The second kappa shape index (κ2) is 13.5. The number of rotatable bonds is 9. The van der Waals surface area contributed by atoms with E-state index in [-0.39, 0.29) is 41.9 Å². The van der Waals surface area contributed by atoms with E-state index < -0.39 is 40.3 Å². The normalized spacial score (nSPS) is 34.1. The highest BCUT2D eigenvalue weighted by molar-refractivity contribution is 6.10. The molecule has 56 heavy (non-hydrogen) atoms. The molecule has 8 atom stereocenters. The number of hydrogen-bond donors (Lipinski definition) is 3. The molecule has 3 saturated carbocycles. The van der Waals surface area contributed by atoms with Gasteiger partial charge in [-0.1, -0.05) is 62.4 Å². The van der Waals surface area contributed by atoms with Gasteiger partial charge in [0.15, 0.2) is 5.78 Å². The molecule has 8 unspecified atom stereocenters. The van der Waals surface area contributed by atoms with Crippen LogP contribution in [0.3, 0.4) is 0 Å². The van der Waals surface area contributed by atoms with Gasteiger partial charge in [-0.25, -0.2) is 4.79 Å². The van der Waals surface area contributed by atoms with Gasteiger partial charge in [-0.15, -0.1) is 13.2 Å². The summed E-state index contributed by atoms with van der Waals surface area (Å²) in [6.07, 6.45) is 5.85. The summed E-state index contributed by atoms with van der Waals surface area (Å²) in [5.74, 6) is 0.155. The molecule has 2 amide bonds. The van der Waals surface area contributed by atoms with Crippen molar-refractivity contribution in [2.75, 3.05) is 19.0 Å². The Balaban J connectivity index is 1.16. The topological polar surface area (TPSA) is 108 Å². The number of methoxy groups -OCH3 is 1. The van der Waals surface area contributed by atoms with E-state index in [4.69, 9.17) is 4.74 Å². The molecule has 0 saturated heterocycles. The average Bonchev–Trinajstić information content (AvgIpc) is 3.44. The Labute approximate surface area is 325 Å². The molecule has 296 valence electrons. The Kier molecular flexibility index (Phi) is 9.23. The third-order valence-corrected chi connectivity index (χ3v) is 14.6. The van der Waals surface area contributed by atoms with Gasteiger partial charge in [0.05, 0.1) is 25.4 Å². The number of hydrogen-bond acceptors (Lipinski definition) is 6. The van der Waals surface area contributed by atoms with Gasteiger partial charge < -0.3 is 29.9 Å². The van der Waals surface area contributed by atoms with Crippen LogP contribution >= 0.6 is 0 Å². The minimum absolute atomic E-state index is 0.0196. The number of allylic oxidation sites excluding steroid dienone is 4. The van der Waals surface area contributed by atoms with Crippen LogP contribution in [0.2, 0.25) is 0 Å². The molecule has 3 aromatic rings. The molecule has 3 fully saturated rings. The number of carbonyl (C=O) groups excluding carboxylic acids is 2. The third kappa shape index (κ3) is 6.04. The molecule has 6 aliphatic carbocycles. The van der Waals surface area contributed by atoms with E-state index in [1.807, 2.05) is 6.07 Å². The van der Waals surface area contributed by atoms with Crippen LogP contribution in [0.1, 0.15) is 74.7 Å². The smallest absolute Gasteiger partial charge is 0.497 e. The minimum atomic E-state index is -4.84. The molecule has 0 heterocycles. The van der Waals surface area contributed by atoms with Crippen LogP contribution in [0.5, 0.6) is 11.5 Å². The lowest BCUT2D eigenvalue weighted by molar-refractivity contribution is -0.274. The molecule has 9 rings (SSSR count). The van der Waals surface area contributed by atoms with E-state index in [0.29, 0.717) is 54.7 Å². The van der Waals surface area contributed by atoms with Crippen molar-refractivity contribution in [3.05, 3.63) is 114 Å². The first-order valence-corrected chi connectivity index (χ1v) is 19.5. The lowest BCUT2D eigenvalue weighted by Crippen LogP contribution is -2.67. The summed E-state index contributed by atoms with van der Waals surface area (Å²) in [6.45, 7) is 4.42. The molecule has 3 aromatic carbocycles. The van der Waals surface area contributed by atoms with Crippen molar-refractivity contribution in [2.45, 2.75) is 83.4 Å². The lowest BCUT2D eigenvalue weighted by atomic mass is 9.32. The summed E-state index contributed by atoms with van der Waals surface area (Å²) >= 11 is 0. The van der Waals surface area contributed by atoms with Crippen LogP contribution in [-0.4, -0.2) is 58.6 Å². The number of ketones is 1. The number of fused-ring (bicyclic) bond motifs is 1. The van der Waals surface area contributed by atoms with Gasteiger partial charge in [0, 0.05) is 39.6 Å². The van der Waals surface area contributed by atoms with Gasteiger partial charge >= 0.3 is 12.4 Å². The van der Waals surface area contributed by atoms with Crippen molar-refractivity contribution in [3.63, 3.8) is 0 Å². The predicted octanol–water partition coefficient (Wildman–Crippen LogP) is 9.10. The molecule has 2 bridgehead atoms. The first-order valence-electron chi connectivity index (χ1n) is 19.5. The number of para-hydroxylation sites is 1. The summed E-state index contributed by atoms with van der Waals surface area (Å²) in [5, 5.41) is 27.1. The van der Waals surface area contributed by atoms with Crippen molar-refractivity contribution in [1.82, 2.24) is 4.90 Å². The number of aliphatic hydroxyl groups excluding tert-OH is 1. The summed E-state index contributed by atoms with van der Waals surface area (Å²) in [4.78, 5) is 30.6. The highest BCUT2D eigenvalue weighted by Gasteiger charge is 2.74. The number of ether oxygens (including phenoxy) is 2. The number of benzene rings is 3. The zero-order valence-electron chi connectivity index (χ0n) is 31.9. The number of urea groups is 1. The predicted molar refractivity (Wildman–Crippen MR) is 205 cm³/mol. The van der Waals surface area contributed by atoms with E-state index in [9.17, 15) is 33.0 Å². The first-order chi connectivity index (χ1) is 26.5. The zero-order valence-corrected chi connectivity index (χ0v) is 31.9. The van der Waals surface area contributed by atoms with Crippen molar-refractivity contribution in [2.24, 2.45) is 33.5 Å². The Hall–Kier alpha value is -4.61. The maximum Gasteiger partial charge on any atom is 0.573 e. The molecule has 6 aliphatic rings. The molecular weight excluding hydrogens is 721 g/mol. The molecule has 0 aliphatic heterocycles. The maximum absolute atomic E-state index is 14.9. The van der Waals surface area contributed by atoms with Crippen LogP contribution in [0.4, 0.5) is 23.7 Å². The fourth-order valence-electron chi connectivity index (χ4n) is 11.8. The van der Waals surface area contributed by atoms with Crippen molar-refractivity contribution in [1.29, 1.82) is 0 Å². The molecule has 0 aromatic heterocycles. The number of carbonyl (C=O) groups is 2. The molecule has 11 heteroatoms. The fraction of sp³-hybridized carbons (Fsp3) is 0.467. The van der Waals surface area contributed by atoms with Gasteiger partial charge in [-0.3, -0.25) is 4.79 Å². The van der Waals surface area contributed by atoms with Crippen molar-refractivity contribution < 1.29 is 42.4 Å². The van der Waals surface area contributed by atoms with Crippen LogP contribution < -0.4 is 14.8 Å². The zero-order chi connectivity index (χ0) is 39.7. The highest BCUT2D eigenvalue weighted by atomic mass is 19.4. The SMILES string of the molecule is COc1ccc(C(=O)C2=CC34C=CC25C(CCC2(C)C5CCC2(O)CN(Cc2ccc(OC(F)(F)F)cc2)C(=O)Nc2ccccc2)C3(C)CCC(O)C4)cc1. The second-order valence-electron chi connectivity index (χ2n) is 17.2. The molecule has 0 radical (unpaired) electrons. The van der Waals surface area contributed by atoms with E-state index in [1.165, 1.54) is 29.2 Å². The maximum atomic E-state index is 14.9. The molecular formula is C45H49F3N2O6. The van der Waals surface area contributed by atoms with Crippen LogP contribution in [0.25, 0.3) is 0 Å². The number of aliphatic hydroxyl groups is 2. The van der Waals surface area contributed by atoms with Gasteiger partial charge in [-0.05, 0) is 116 Å². The molecule has 2 spiro atoms. The standard InChI is InChI=1S/C45H49F3N2O6/c1-40-20-17-32(51)25-42(40)23-24-44(35(26-42)38(52)30-11-15-33(55-3)16-12-30)36(40)18-21-41(2)37(44)19-22-43(41,54)28-50(39(53)49-31-7-5-4-6-8-31)27-29-9-13-34(14-10-29)56-45(46,47)48/h4-16,23-24,26,32,36-37,51,54H,17-22,25,27-28H2,1-3H3,(H,49,53). The number of Topliss-reactive ketones (excluding diaryl/α,β-unsaturated/α-hetero) is 1. The van der Waals surface area contributed by atoms with E-state index in [0.717, 1.165) is 18.4 Å². The summed E-state index contributed by atoms with van der Waals surface area (Å²) in [5.41, 5.74) is -1.09. The highest BCUT2D eigenvalue weighted by Crippen LogP contribution is 2.78. The van der Waals surface area contributed by atoms with Gasteiger partial charge in [0.2, 0.25) is 0 Å². The van der Waals surface area contributed by atoms with Crippen LogP contribution in [0, 0.1) is 33.5 Å². The van der Waals surface area contributed by atoms with E-state index in [2.05, 4.69) is 42.1 Å². The Morgan fingerprint density at radius 2 is 1.50 bits per heavy atom. The van der Waals surface area contributed by atoms with Crippen molar-refractivity contribution >= 4 is 17.5 Å². The molecule has 3 N–H and O–H groups in total. The number of anilines is 1. The fourth-order valence-corrected chi connectivity index (χ4v) is 11.8. The monoisotopic (exact) mass is 770 g/mol. The van der Waals surface area contributed by atoms with E-state index >= 15 is 0 Å². The van der Waals surface area contributed by atoms with Gasteiger partial charge in [0.25, 0.3) is 0 Å². The van der Waals surface area contributed by atoms with Crippen molar-refractivity contribution in [3.8, 4) is 11.5 Å². The molecule has 8 nitrogen and oxygen atoms in total. The summed E-state index contributed by atoms with van der Waals surface area (Å²) in [6, 6.07) is 21.1.